The fourth-order valence-corrected chi connectivity index (χ4v) is 3.17. The summed E-state index contributed by atoms with van der Waals surface area (Å²) in [5.74, 6) is 0. The van der Waals surface area contributed by atoms with Crippen LogP contribution in [0, 0.1) is 6.92 Å². The van der Waals surface area contributed by atoms with Gasteiger partial charge in [0.25, 0.3) is 0 Å². The predicted molar refractivity (Wildman–Crippen MR) is 99.0 cm³/mol. The molecule has 126 valence electrons. The van der Waals surface area contributed by atoms with Crippen LogP contribution in [0.5, 0.6) is 0 Å². The Hall–Kier alpha value is -2.99. The maximum atomic E-state index is 4.64. The van der Waals surface area contributed by atoms with E-state index in [1.54, 1.807) is 4.68 Å². The maximum Gasteiger partial charge on any atom is 0.103 e. The topological polar surface area (TPSA) is 71.4 Å². The number of rotatable bonds is 4. The lowest BCUT2D eigenvalue weighted by Gasteiger charge is -2.11. The van der Waals surface area contributed by atoms with Crippen molar-refractivity contribution in [3.8, 4) is 22.5 Å². The first-order valence-corrected chi connectivity index (χ1v) is 8.24. The Kier molecular flexibility index (Phi) is 3.82. The fraction of sp³-hybridized carbons (Fsp3) is 0.211. The number of H-pyrrole nitrogens is 1. The summed E-state index contributed by atoms with van der Waals surface area (Å²) in [6.07, 6.45) is 5.64. The highest BCUT2D eigenvalue weighted by atomic mass is 15.2. The number of aromatic amines is 1. The lowest BCUT2D eigenvalue weighted by molar-refractivity contribution is 0.768. The van der Waals surface area contributed by atoms with Crippen LogP contribution in [0.25, 0.3) is 33.4 Å². The minimum atomic E-state index is 0.842. The van der Waals surface area contributed by atoms with Gasteiger partial charge in [0.1, 0.15) is 5.69 Å². The molecule has 0 saturated carbocycles. The maximum absolute atomic E-state index is 4.64. The van der Waals surface area contributed by atoms with Crippen molar-refractivity contribution in [1.29, 1.82) is 0 Å². The van der Waals surface area contributed by atoms with Crippen LogP contribution in [0.4, 0.5) is 0 Å². The third-order valence-corrected chi connectivity index (χ3v) is 4.51. The summed E-state index contributed by atoms with van der Waals surface area (Å²) in [4.78, 5) is 4.64. The van der Waals surface area contributed by atoms with E-state index in [1.807, 2.05) is 32.7 Å². The molecule has 0 atom stereocenters. The van der Waals surface area contributed by atoms with E-state index in [-0.39, 0.29) is 0 Å². The molecule has 2 N–H and O–H groups in total. The molecule has 4 aromatic rings. The minimum absolute atomic E-state index is 0.842. The van der Waals surface area contributed by atoms with Crippen LogP contribution in [-0.4, -0.2) is 32.0 Å². The van der Waals surface area contributed by atoms with Gasteiger partial charge in [-0.1, -0.05) is 18.2 Å². The van der Waals surface area contributed by atoms with Crippen molar-refractivity contribution >= 4 is 10.9 Å². The summed E-state index contributed by atoms with van der Waals surface area (Å²) in [7, 11) is 3.87. The second-order valence-electron chi connectivity index (χ2n) is 6.21. The summed E-state index contributed by atoms with van der Waals surface area (Å²) in [6.45, 7) is 2.99. The smallest absolute Gasteiger partial charge is 0.103 e. The Morgan fingerprint density at radius 3 is 2.88 bits per heavy atom. The highest BCUT2D eigenvalue weighted by molar-refractivity contribution is 5.94. The van der Waals surface area contributed by atoms with Crippen LogP contribution in [0.15, 0.2) is 42.9 Å². The number of hydrogen-bond acceptors (Lipinski definition) is 4. The number of fused-ring (bicyclic) bond motifs is 1. The quantitative estimate of drug-likeness (QED) is 0.602. The first-order chi connectivity index (χ1) is 12.2. The van der Waals surface area contributed by atoms with Gasteiger partial charge in [-0.05, 0) is 31.2 Å². The van der Waals surface area contributed by atoms with Crippen LogP contribution >= 0.6 is 0 Å². The number of nitrogens with one attached hydrogen (secondary N) is 2. The van der Waals surface area contributed by atoms with Gasteiger partial charge >= 0.3 is 0 Å². The monoisotopic (exact) mass is 332 g/mol. The van der Waals surface area contributed by atoms with E-state index in [1.165, 1.54) is 11.1 Å². The molecule has 1 aromatic carbocycles. The second kappa shape index (κ2) is 6.14. The third-order valence-electron chi connectivity index (χ3n) is 4.51. The van der Waals surface area contributed by atoms with E-state index in [9.17, 15) is 0 Å². The number of pyridine rings is 1. The highest BCUT2D eigenvalue weighted by Crippen LogP contribution is 2.30. The molecular formula is C19H20N6. The number of aryl methyl sites for hydroxylation is 1. The van der Waals surface area contributed by atoms with Gasteiger partial charge in [0.15, 0.2) is 0 Å². The lowest BCUT2D eigenvalue weighted by Crippen LogP contribution is -2.07. The average molecular weight is 332 g/mol. The molecule has 6 heteroatoms. The average Bonchev–Trinajstić information content (AvgIpc) is 3.22. The van der Waals surface area contributed by atoms with E-state index in [0.29, 0.717) is 0 Å². The molecule has 0 bridgehead atoms. The van der Waals surface area contributed by atoms with E-state index in [2.05, 4.69) is 56.8 Å². The van der Waals surface area contributed by atoms with E-state index in [4.69, 9.17) is 0 Å². The van der Waals surface area contributed by atoms with Crippen LogP contribution in [0.1, 0.15) is 11.1 Å². The zero-order valence-corrected chi connectivity index (χ0v) is 14.5. The Balaban J connectivity index is 1.86. The van der Waals surface area contributed by atoms with Gasteiger partial charge < -0.3 is 5.32 Å². The van der Waals surface area contributed by atoms with Crippen molar-refractivity contribution < 1.29 is 0 Å². The van der Waals surface area contributed by atoms with Crippen molar-refractivity contribution in [2.75, 3.05) is 7.05 Å². The van der Waals surface area contributed by atoms with Crippen LogP contribution in [0.3, 0.4) is 0 Å². The van der Waals surface area contributed by atoms with Gasteiger partial charge in [-0.3, -0.25) is 14.8 Å². The summed E-state index contributed by atoms with van der Waals surface area (Å²) in [6, 6.07) is 8.45. The molecule has 0 aliphatic rings. The summed E-state index contributed by atoms with van der Waals surface area (Å²) >= 11 is 0. The van der Waals surface area contributed by atoms with Crippen molar-refractivity contribution in [1.82, 2.24) is 30.3 Å². The molecule has 0 amide bonds. The molecule has 0 aliphatic carbocycles. The molecule has 0 spiro atoms. The largest absolute Gasteiger partial charge is 0.316 e. The van der Waals surface area contributed by atoms with Crippen molar-refractivity contribution in [3.63, 3.8) is 0 Å². The number of aromatic nitrogens is 5. The Bertz CT molecular complexity index is 1040. The molecule has 25 heavy (non-hydrogen) atoms. The van der Waals surface area contributed by atoms with Crippen molar-refractivity contribution in [3.05, 3.63) is 54.0 Å². The van der Waals surface area contributed by atoms with Gasteiger partial charge in [0, 0.05) is 36.3 Å². The first kappa shape index (κ1) is 15.5. The molecule has 0 unspecified atom stereocenters. The fourth-order valence-electron chi connectivity index (χ4n) is 3.17. The first-order valence-electron chi connectivity index (χ1n) is 8.24. The van der Waals surface area contributed by atoms with E-state index >= 15 is 0 Å². The van der Waals surface area contributed by atoms with Gasteiger partial charge in [-0.2, -0.15) is 10.2 Å². The zero-order chi connectivity index (χ0) is 17.4. The van der Waals surface area contributed by atoms with Crippen molar-refractivity contribution in [2.45, 2.75) is 13.5 Å². The van der Waals surface area contributed by atoms with Gasteiger partial charge in [0.05, 0.1) is 23.6 Å². The molecule has 4 rings (SSSR count). The summed E-state index contributed by atoms with van der Waals surface area (Å²) < 4.78 is 1.78. The van der Waals surface area contributed by atoms with Crippen LogP contribution in [0.2, 0.25) is 0 Å². The van der Waals surface area contributed by atoms with Gasteiger partial charge in [-0.15, -0.1) is 0 Å². The number of nitrogens with zero attached hydrogens (tertiary/aromatic N) is 4. The van der Waals surface area contributed by atoms with Gasteiger partial charge in [0.2, 0.25) is 0 Å². The Labute approximate surface area is 145 Å². The normalized spacial score (nSPS) is 11.3. The Morgan fingerprint density at radius 1 is 1.24 bits per heavy atom. The summed E-state index contributed by atoms with van der Waals surface area (Å²) in [5, 5.41) is 16.0. The molecule has 0 aliphatic heterocycles. The number of benzene rings is 1. The SMILES string of the molecule is CNCc1cccc(-c2cc3c(-c4cnn(C)c4)n[nH]c3cn2)c1C. The van der Waals surface area contributed by atoms with Gasteiger partial charge in [-0.25, -0.2) is 0 Å². The predicted octanol–water partition coefficient (Wildman–Crippen LogP) is 3.05. The lowest BCUT2D eigenvalue weighted by atomic mass is 9.98. The minimum Gasteiger partial charge on any atom is -0.316 e. The highest BCUT2D eigenvalue weighted by Gasteiger charge is 2.13. The van der Waals surface area contributed by atoms with Crippen LogP contribution in [-0.2, 0) is 13.6 Å². The van der Waals surface area contributed by atoms with Crippen molar-refractivity contribution in [2.24, 2.45) is 7.05 Å². The van der Waals surface area contributed by atoms with Crippen LogP contribution < -0.4 is 5.32 Å². The molecule has 3 heterocycles. The van der Waals surface area contributed by atoms with E-state index in [0.717, 1.165) is 40.0 Å². The van der Waals surface area contributed by atoms with E-state index < -0.39 is 0 Å². The molecule has 3 aromatic heterocycles. The standard InChI is InChI=1S/C19H20N6/c1-12-13(8-20-2)5-4-6-15(12)17-7-16-18(10-21-17)23-24-19(16)14-9-22-25(3)11-14/h4-7,9-11,20H,8H2,1-3H3,(H,23,24). The third kappa shape index (κ3) is 2.70. The Morgan fingerprint density at radius 2 is 2.12 bits per heavy atom. The second-order valence-corrected chi connectivity index (χ2v) is 6.21. The summed E-state index contributed by atoms with van der Waals surface area (Å²) in [5.41, 5.74) is 7.44. The molecule has 0 radical (unpaired) electrons. The zero-order valence-electron chi connectivity index (χ0n) is 14.5. The molecule has 6 nitrogen and oxygen atoms in total. The molecule has 0 saturated heterocycles. The molecule has 0 fully saturated rings. The molecular weight excluding hydrogens is 312 g/mol. The number of hydrogen-bond donors (Lipinski definition) is 2.